The molecule has 4 atom stereocenters. The molecule has 10 heteroatoms. The maximum atomic E-state index is 14.0. The van der Waals surface area contributed by atoms with Gasteiger partial charge in [-0.2, -0.15) is 17.2 Å². The van der Waals surface area contributed by atoms with Crippen LogP contribution in [0.5, 0.6) is 5.75 Å². The molecule has 42 heavy (non-hydrogen) atoms. The molecule has 4 rings (SSSR count). The van der Waals surface area contributed by atoms with Crippen molar-refractivity contribution in [3.05, 3.63) is 84.4 Å². The van der Waals surface area contributed by atoms with Gasteiger partial charge in [-0.15, -0.1) is 0 Å². The Bertz CT molecular complexity index is 1410. The predicted octanol–water partition coefficient (Wildman–Crippen LogP) is 7.69. The number of hydrogen-bond acceptors (Lipinski definition) is 5. The Labute approximate surface area is 250 Å². The van der Waals surface area contributed by atoms with E-state index < -0.39 is 38.2 Å². The van der Waals surface area contributed by atoms with Gasteiger partial charge in [0.25, 0.3) is 0 Å². The van der Waals surface area contributed by atoms with Crippen LogP contribution in [0.15, 0.2) is 93.5 Å². The molecule has 228 valence electrons. The van der Waals surface area contributed by atoms with Crippen LogP contribution in [0.4, 0.5) is 8.78 Å². The monoisotopic (exact) mass is 621 g/mol. The highest BCUT2D eigenvalue weighted by atomic mass is 32.2. The van der Waals surface area contributed by atoms with Crippen molar-refractivity contribution < 1.29 is 36.0 Å². The van der Waals surface area contributed by atoms with E-state index in [0.29, 0.717) is 11.8 Å². The molecule has 0 spiro atoms. The third-order valence-corrected chi connectivity index (χ3v) is 10.7. The van der Waals surface area contributed by atoms with Crippen molar-refractivity contribution in [2.75, 3.05) is 0 Å². The molecule has 0 aromatic heterocycles. The van der Waals surface area contributed by atoms with Crippen LogP contribution in [0, 0.1) is 11.8 Å². The fourth-order valence-corrected chi connectivity index (χ4v) is 7.41. The van der Waals surface area contributed by atoms with E-state index in [9.17, 15) is 17.2 Å². The van der Waals surface area contributed by atoms with Gasteiger partial charge in [0.05, 0.1) is 23.1 Å². The molecule has 0 aliphatic carbocycles. The van der Waals surface area contributed by atoms with Gasteiger partial charge >= 0.3 is 15.4 Å². The summed E-state index contributed by atoms with van der Waals surface area (Å²) in [6, 6.07) is 24.7. The second kappa shape index (κ2) is 12.6. The lowest BCUT2D eigenvalue weighted by Crippen LogP contribution is -2.48. The van der Waals surface area contributed by atoms with Crippen molar-refractivity contribution in [2.45, 2.75) is 92.0 Å². The zero-order valence-electron chi connectivity index (χ0n) is 24.7. The lowest BCUT2D eigenvalue weighted by Gasteiger charge is -2.45. The van der Waals surface area contributed by atoms with Crippen molar-refractivity contribution in [1.82, 2.24) is 0 Å². The van der Waals surface area contributed by atoms with Gasteiger partial charge in [-0.05, 0) is 86.3 Å². The summed E-state index contributed by atoms with van der Waals surface area (Å²) in [5.41, 5.74) is 0.927. The Morgan fingerprint density at radius 1 is 0.833 bits per heavy atom. The van der Waals surface area contributed by atoms with Gasteiger partial charge in [-0.25, -0.2) is 0 Å². The summed E-state index contributed by atoms with van der Waals surface area (Å²) in [6.07, 6.45) is -1.08. The second-order valence-electron chi connectivity index (χ2n) is 11.4. The number of hydrogen-bond donors (Lipinski definition) is 1. The van der Waals surface area contributed by atoms with Gasteiger partial charge in [0, 0.05) is 12.0 Å². The Morgan fingerprint density at radius 3 is 1.74 bits per heavy atom. The van der Waals surface area contributed by atoms with Crippen LogP contribution >= 0.6 is 0 Å². The van der Waals surface area contributed by atoms with E-state index in [-0.39, 0.29) is 18.0 Å². The van der Waals surface area contributed by atoms with Gasteiger partial charge in [-0.1, -0.05) is 45.9 Å². The van der Waals surface area contributed by atoms with E-state index in [1.54, 1.807) is 12.1 Å². The molecular formula is C32H39F2O6S2+. The largest absolute Gasteiger partial charge is 0.483 e. The highest BCUT2D eigenvalue weighted by molar-refractivity contribution is 7.97. The number of ether oxygens (including phenoxy) is 3. The second-order valence-corrected chi connectivity index (χ2v) is 14.9. The average molecular weight is 622 g/mol. The third kappa shape index (κ3) is 7.00. The van der Waals surface area contributed by atoms with Crippen molar-refractivity contribution in [3.8, 4) is 5.75 Å². The molecule has 1 saturated heterocycles. The van der Waals surface area contributed by atoms with Gasteiger partial charge in [-0.3, -0.25) is 4.55 Å². The molecule has 0 amide bonds. The standard InChI is InChI=1S/C32H38F2O6S2/c1-21(2)29-20-30(22(3)4)40-31(6,39-29)24-12-16-27(17-13-24)41(26-10-8-7-9-11-26)28-18-14-25(15-19-28)38-23(5)32(33,34)42(35,36)37/h7-19,21-23,29-30H,20H2,1-6H3/p+1. The number of alkyl halides is 2. The smallest absolute Gasteiger partial charge is 0.405 e. The summed E-state index contributed by atoms with van der Waals surface area (Å²) < 4.78 is 77.3. The molecule has 1 aliphatic rings. The first-order chi connectivity index (χ1) is 19.6. The van der Waals surface area contributed by atoms with Crippen LogP contribution in [-0.4, -0.2) is 36.5 Å². The molecular weight excluding hydrogens is 582 g/mol. The maximum Gasteiger partial charge on any atom is 0.405 e. The number of rotatable bonds is 10. The van der Waals surface area contributed by atoms with Crippen LogP contribution in [0.2, 0.25) is 0 Å². The minimum absolute atomic E-state index is 0.0560. The molecule has 0 saturated carbocycles. The summed E-state index contributed by atoms with van der Waals surface area (Å²) in [7, 11) is -6.16. The van der Waals surface area contributed by atoms with E-state index in [1.807, 2.05) is 49.4 Å². The molecule has 1 aliphatic heterocycles. The maximum absolute atomic E-state index is 14.0. The molecule has 1 heterocycles. The summed E-state index contributed by atoms with van der Waals surface area (Å²) in [6.45, 7) is 11.5. The van der Waals surface area contributed by atoms with Crippen LogP contribution in [0.3, 0.4) is 0 Å². The van der Waals surface area contributed by atoms with E-state index >= 15 is 0 Å². The van der Waals surface area contributed by atoms with Crippen molar-refractivity contribution in [1.29, 1.82) is 0 Å². The highest BCUT2D eigenvalue weighted by Crippen LogP contribution is 2.41. The molecule has 3 aromatic rings. The minimum atomic E-state index is -5.62. The average Bonchev–Trinajstić information content (AvgIpc) is 2.94. The number of halogens is 2. The Hall–Kier alpha value is -2.50. The third-order valence-electron chi connectivity index (χ3n) is 7.49. The van der Waals surface area contributed by atoms with Crippen LogP contribution in [-0.2, 0) is 36.3 Å². The van der Waals surface area contributed by atoms with Crippen LogP contribution in [0.25, 0.3) is 0 Å². The molecule has 3 aromatic carbocycles. The van der Waals surface area contributed by atoms with Gasteiger partial charge in [0.1, 0.15) is 5.75 Å². The van der Waals surface area contributed by atoms with E-state index in [0.717, 1.165) is 33.6 Å². The summed E-state index contributed by atoms with van der Waals surface area (Å²) in [4.78, 5) is 3.00. The van der Waals surface area contributed by atoms with Crippen molar-refractivity contribution in [3.63, 3.8) is 0 Å². The van der Waals surface area contributed by atoms with Crippen molar-refractivity contribution >= 4 is 21.0 Å². The molecule has 4 unspecified atom stereocenters. The zero-order valence-corrected chi connectivity index (χ0v) is 26.3. The van der Waals surface area contributed by atoms with Gasteiger partial charge < -0.3 is 14.2 Å². The molecule has 0 bridgehead atoms. The van der Waals surface area contributed by atoms with Gasteiger partial charge in [0.15, 0.2) is 26.6 Å². The number of benzene rings is 3. The van der Waals surface area contributed by atoms with Gasteiger partial charge in [0.2, 0.25) is 0 Å². The zero-order chi connectivity index (χ0) is 30.9. The Kier molecular flexibility index (Phi) is 9.74. The molecule has 6 nitrogen and oxygen atoms in total. The first kappa shape index (κ1) is 32.4. The normalized spacial score (nSPS) is 23.1. The summed E-state index contributed by atoms with van der Waals surface area (Å²) >= 11 is 0. The Morgan fingerprint density at radius 2 is 1.29 bits per heavy atom. The lowest BCUT2D eigenvalue weighted by molar-refractivity contribution is -0.330. The van der Waals surface area contributed by atoms with Crippen LogP contribution in [0.1, 0.15) is 53.5 Å². The quantitative estimate of drug-likeness (QED) is 0.185. The SMILES string of the molecule is CC(C)C1CC(C(C)C)OC(C)(c2ccc([S+](c3ccccc3)c3ccc(OC(C)C(F)(F)S(=O)(=O)O)cc3)cc2)O1. The molecule has 1 N–H and O–H groups in total. The predicted molar refractivity (Wildman–Crippen MR) is 159 cm³/mol. The summed E-state index contributed by atoms with van der Waals surface area (Å²) in [5, 5.41) is -4.45. The van der Waals surface area contributed by atoms with E-state index in [4.69, 9.17) is 18.8 Å². The topological polar surface area (TPSA) is 82.1 Å². The fourth-order valence-electron chi connectivity index (χ4n) is 4.88. The fraction of sp³-hybridized carbons (Fsp3) is 0.438. The Balaban J connectivity index is 1.63. The van der Waals surface area contributed by atoms with Crippen LogP contribution < -0.4 is 4.74 Å². The first-order valence-corrected chi connectivity index (χ1v) is 16.7. The first-order valence-electron chi connectivity index (χ1n) is 14.0. The molecule has 0 radical (unpaired) electrons. The van der Waals surface area contributed by atoms with Crippen molar-refractivity contribution in [2.24, 2.45) is 11.8 Å². The highest BCUT2D eigenvalue weighted by Gasteiger charge is 2.51. The lowest BCUT2D eigenvalue weighted by atomic mass is 9.91. The van der Waals surface area contributed by atoms with E-state index in [1.165, 1.54) is 12.1 Å². The molecule has 1 fully saturated rings. The van der Waals surface area contributed by atoms with E-state index in [2.05, 4.69) is 39.8 Å². The summed E-state index contributed by atoms with van der Waals surface area (Å²) in [5.74, 6) is -0.120. The minimum Gasteiger partial charge on any atom is -0.483 e.